The molecule has 7 rings (SSSR count). The molecule has 7 nitrogen and oxygen atoms in total. The predicted octanol–water partition coefficient (Wildman–Crippen LogP) is 6.72. The lowest BCUT2D eigenvalue weighted by Gasteiger charge is -2.08. The number of aromatic amines is 2. The third-order valence-electron chi connectivity index (χ3n) is 6.79. The van der Waals surface area contributed by atoms with E-state index in [4.69, 9.17) is 4.42 Å². The van der Waals surface area contributed by atoms with Gasteiger partial charge in [-0.25, -0.2) is 0 Å². The molecular weight excluding hydrogens is 472 g/mol. The van der Waals surface area contributed by atoms with E-state index in [0.717, 1.165) is 74.2 Å². The number of rotatable bonds is 7. The SMILES string of the molecule is c1ccc(CNCc2cncc(-c3ccc4[nH]nc(-c5cc6c(-c7ccoc7)nccc6[nH]5)c4c3)c2)cc1. The van der Waals surface area contributed by atoms with E-state index in [1.54, 1.807) is 18.7 Å². The first kappa shape index (κ1) is 22.2. The minimum Gasteiger partial charge on any atom is -0.472 e. The van der Waals surface area contributed by atoms with E-state index in [0.29, 0.717) is 0 Å². The summed E-state index contributed by atoms with van der Waals surface area (Å²) < 4.78 is 5.28. The van der Waals surface area contributed by atoms with E-state index in [-0.39, 0.29) is 0 Å². The number of benzene rings is 2. The lowest BCUT2D eigenvalue weighted by molar-refractivity contribution is 0.568. The Morgan fingerprint density at radius 2 is 1.63 bits per heavy atom. The molecule has 38 heavy (non-hydrogen) atoms. The maximum absolute atomic E-state index is 5.28. The molecule has 0 aliphatic carbocycles. The fourth-order valence-electron chi connectivity index (χ4n) is 4.90. The molecule has 7 heteroatoms. The summed E-state index contributed by atoms with van der Waals surface area (Å²) in [7, 11) is 0. The summed E-state index contributed by atoms with van der Waals surface area (Å²) in [6, 6.07) is 25.0. The van der Waals surface area contributed by atoms with Gasteiger partial charge in [0.05, 0.1) is 29.4 Å². The van der Waals surface area contributed by atoms with Crippen LogP contribution in [0.2, 0.25) is 0 Å². The predicted molar refractivity (Wildman–Crippen MR) is 149 cm³/mol. The maximum atomic E-state index is 5.28. The zero-order chi connectivity index (χ0) is 25.3. The van der Waals surface area contributed by atoms with Gasteiger partial charge in [0, 0.05) is 59.1 Å². The van der Waals surface area contributed by atoms with Gasteiger partial charge >= 0.3 is 0 Å². The van der Waals surface area contributed by atoms with Crippen molar-refractivity contribution in [1.29, 1.82) is 0 Å². The number of fused-ring (bicyclic) bond motifs is 2. The molecule has 5 heterocycles. The van der Waals surface area contributed by atoms with E-state index in [9.17, 15) is 0 Å². The van der Waals surface area contributed by atoms with Crippen molar-refractivity contribution in [1.82, 2.24) is 30.5 Å². The fourth-order valence-corrected chi connectivity index (χ4v) is 4.90. The molecule has 0 amide bonds. The van der Waals surface area contributed by atoms with Crippen molar-refractivity contribution >= 4 is 21.8 Å². The Morgan fingerprint density at radius 1 is 0.737 bits per heavy atom. The number of pyridine rings is 2. The number of nitrogens with zero attached hydrogens (tertiary/aromatic N) is 3. The summed E-state index contributed by atoms with van der Waals surface area (Å²) in [5.74, 6) is 0. The lowest BCUT2D eigenvalue weighted by Crippen LogP contribution is -2.12. The van der Waals surface area contributed by atoms with Crippen LogP contribution in [0.1, 0.15) is 11.1 Å². The molecule has 184 valence electrons. The van der Waals surface area contributed by atoms with Gasteiger partial charge in [0.2, 0.25) is 0 Å². The minimum atomic E-state index is 0.747. The Bertz CT molecular complexity index is 1850. The normalized spacial score (nSPS) is 11.5. The second kappa shape index (κ2) is 9.46. The van der Waals surface area contributed by atoms with Gasteiger partial charge in [0.15, 0.2) is 0 Å². The van der Waals surface area contributed by atoms with Crippen molar-refractivity contribution in [3.05, 3.63) is 115 Å². The first-order valence-corrected chi connectivity index (χ1v) is 12.5. The average molecular weight is 497 g/mol. The van der Waals surface area contributed by atoms with Gasteiger partial charge in [0.1, 0.15) is 5.69 Å². The van der Waals surface area contributed by atoms with Crippen LogP contribution in [0.15, 0.2) is 108 Å². The number of furan rings is 1. The van der Waals surface area contributed by atoms with Crippen LogP contribution >= 0.6 is 0 Å². The largest absolute Gasteiger partial charge is 0.472 e. The van der Waals surface area contributed by atoms with Crippen LogP contribution in [-0.2, 0) is 13.1 Å². The van der Waals surface area contributed by atoms with E-state index < -0.39 is 0 Å². The number of hydrogen-bond donors (Lipinski definition) is 3. The van der Waals surface area contributed by atoms with Crippen LogP contribution in [0.5, 0.6) is 0 Å². The zero-order valence-corrected chi connectivity index (χ0v) is 20.5. The van der Waals surface area contributed by atoms with Crippen LogP contribution in [0.3, 0.4) is 0 Å². The molecule has 0 saturated heterocycles. The highest BCUT2D eigenvalue weighted by molar-refractivity contribution is 6.00. The Kier molecular flexibility index (Phi) is 5.53. The van der Waals surface area contributed by atoms with Crippen molar-refractivity contribution in [3.63, 3.8) is 0 Å². The molecule has 0 bridgehead atoms. The van der Waals surface area contributed by atoms with Crippen molar-refractivity contribution in [3.8, 4) is 33.8 Å². The minimum absolute atomic E-state index is 0.747. The second-order valence-electron chi connectivity index (χ2n) is 9.32. The molecule has 0 aliphatic heterocycles. The number of nitrogens with one attached hydrogen (secondary N) is 3. The number of aromatic nitrogens is 5. The molecule has 0 unspecified atom stereocenters. The molecule has 0 atom stereocenters. The monoisotopic (exact) mass is 496 g/mol. The van der Waals surface area contributed by atoms with E-state index in [1.807, 2.05) is 30.6 Å². The Morgan fingerprint density at radius 3 is 2.53 bits per heavy atom. The smallest absolute Gasteiger partial charge is 0.116 e. The van der Waals surface area contributed by atoms with E-state index in [1.165, 1.54) is 5.56 Å². The topological polar surface area (TPSA) is 95.4 Å². The first-order chi connectivity index (χ1) is 18.8. The summed E-state index contributed by atoms with van der Waals surface area (Å²) >= 11 is 0. The number of hydrogen-bond acceptors (Lipinski definition) is 5. The second-order valence-corrected chi connectivity index (χ2v) is 9.32. The van der Waals surface area contributed by atoms with Gasteiger partial charge in [-0.2, -0.15) is 5.10 Å². The average Bonchev–Trinajstić information content (AvgIpc) is 3.73. The molecule has 5 aromatic heterocycles. The molecule has 0 radical (unpaired) electrons. The van der Waals surface area contributed by atoms with Crippen LogP contribution in [0, 0.1) is 0 Å². The van der Waals surface area contributed by atoms with Gasteiger partial charge in [-0.15, -0.1) is 0 Å². The third kappa shape index (κ3) is 4.15. The van der Waals surface area contributed by atoms with Crippen LogP contribution in [0.4, 0.5) is 0 Å². The Hall–Kier alpha value is -5.01. The molecule has 2 aromatic carbocycles. The van der Waals surface area contributed by atoms with E-state index >= 15 is 0 Å². The zero-order valence-electron chi connectivity index (χ0n) is 20.5. The van der Waals surface area contributed by atoms with Crippen LogP contribution in [-0.4, -0.2) is 25.1 Å². The molecule has 3 N–H and O–H groups in total. The van der Waals surface area contributed by atoms with Gasteiger partial charge in [-0.1, -0.05) is 36.4 Å². The summed E-state index contributed by atoms with van der Waals surface area (Å²) in [4.78, 5) is 12.6. The number of H-pyrrole nitrogens is 2. The highest BCUT2D eigenvalue weighted by atomic mass is 16.3. The molecule has 0 saturated carbocycles. The van der Waals surface area contributed by atoms with Gasteiger partial charge < -0.3 is 14.7 Å². The Labute approximate surface area is 218 Å². The molecular formula is C31H24N6O. The summed E-state index contributed by atoms with van der Waals surface area (Å²) in [6.07, 6.45) is 9.01. The van der Waals surface area contributed by atoms with Gasteiger partial charge in [-0.05, 0) is 53.1 Å². The summed E-state index contributed by atoms with van der Waals surface area (Å²) in [5.41, 5.74) is 10.2. The lowest BCUT2D eigenvalue weighted by atomic mass is 10.0. The molecule has 7 aromatic rings. The molecule has 0 spiro atoms. The quantitative estimate of drug-likeness (QED) is 0.228. The van der Waals surface area contributed by atoms with E-state index in [2.05, 4.69) is 85.1 Å². The maximum Gasteiger partial charge on any atom is 0.116 e. The van der Waals surface area contributed by atoms with Crippen molar-refractivity contribution < 1.29 is 4.42 Å². The van der Waals surface area contributed by atoms with Crippen LogP contribution in [0.25, 0.3) is 55.6 Å². The fraction of sp³-hybridized carbons (Fsp3) is 0.0645. The van der Waals surface area contributed by atoms with Crippen molar-refractivity contribution in [2.45, 2.75) is 13.1 Å². The van der Waals surface area contributed by atoms with Gasteiger partial charge in [-0.3, -0.25) is 15.1 Å². The van der Waals surface area contributed by atoms with Crippen molar-refractivity contribution in [2.24, 2.45) is 0 Å². The Balaban J connectivity index is 1.20. The summed E-state index contributed by atoms with van der Waals surface area (Å²) in [6.45, 7) is 1.56. The first-order valence-electron chi connectivity index (χ1n) is 12.5. The molecule has 0 fully saturated rings. The standard InChI is InChI=1S/C31H24N6O/c1-2-4-20(5-3-1)15-32-16-21-12-24(18-33-17-21)22-6-7-28-25(13-22)31(37-36-28)29-14-26-27(35-29)8-10-34-30(26)23-9-11-38-19-23/h1-14,17-19,32,35H,15-16H2,(H,36,37). The molecule has 0 aliphatic rings. The van der Waals surface area contributed by atoms with Crippen LogP contribution < -0.4 is 5.32 Å². The highest BCUT2D eigenvalue weighted by Gasteiger charge is 2.15. The van der Waals surface area contributed by atoms with Crippen molar-refractivity contribution in [2.75, 3.05) is 0 Å². The third-order valence-corrected chi connectivity index (χ3v) is 6.79. The highest BCUT2D eigenvalue weighted by Crippen LogP contribution is 2.34. The summed E-state index contributed by atoms with van der Waals surface area (Å²) in [5, 5.41) is 13.4. The van der Waals surface area contributed by atoms with Gasteiger partial charge in [0.25, 0.3) is 0 Å².